The van der Waals surface area contributed by atoms with Crippen LogP contribution in [0.3, 0.4) is 0 Å². The number of carbonyl (C=O) groups excluding carboxylic acids is 1. The van der Waals surface area contributed by atoms with Gasteiger partial charge < -0.3 is 10.2 Å². The van der Waals surface area contributed by atoms with E-state index in [-0.39, 0.29) is 17.8 Å². The van der Waals surface area contributed by atoms with Crippen LogP contribution in [0.2, 0.25) is 0 Å². The number of carbonyl (C=O) groups is 1. The third-order valence-electron chi connectivity index (χ3n) is 4.21. The SMILES string of the molecule is C[C@@]1(C(=O)NC2CCCC2)CC(c2ccc(F)cc2)=NO1. The van der Waals surface area contributed by atoms with Gasteiger partial charge in [0.2, 0.25) is 5.60 Å². The van der Waals surface area contributed by atoms with Crippen LogP contribution >= 0.6 is 0 Å². The Balaban J connectivity index is 1.65. The number of oxime groups is 1. The summed E-state index contributed by atoms with van der Waals surface area (Å²) in [7, 11) is 0. The summed E-state index contributed by atoms with van der Waals surface area (Å²) < 4.78 is 12.9. The highest BCUT2D eigenvalue weighted by Crippen LogP contribution is 2.28. The molecule has 1 saturated carbocycles. The fourth-order valence-electron chi connectivity index (χ4n) is 2.87. The van der Waals surface area contributed by atoms with E-state index in [1.54, 1.807) is 19.1 Å². The second-order valence-corrected chi connectivity index (χ2v) is 6.00. The van der Waals surface area contributed by atoms with Crippen molar-refractivity contribution in [3.05, 3.63) is 35.6 Å². The van der Waals surface area contributed by atoms with Crippen molar-refractivity contribution in [3.8, 4) is 0 Å². The molecule has 1 atom stereocenters. The number of hydrogen-bond acceptors (Lipinski definition) is 3. The predicted octanol–water partition coefficient (Wildman–Crippen LogP) is 2.77. The van der Waals surface area contributed by atoms with E-state index < -0.39 is 5.60 Å². The Morgan fingerprint density at radius 2 is 2.00 bits per heavy atom. The minimum Gasteiger partial charge on any atom is -0.379 e. The minimum atomic E-state index is -0.966. The van der Waals surface area contributed by atoms with Gasteiger partial charge in [0.15, 0.2) is 0 Å². The summed E-state index contributed by atoms with van der Waals surface area (Å²) >= 11 is 0. The van der Waals surface area contributed by atoms with Crippen molar-refractivity contribution in [3.63, 3.8) is 0 Å². The summed E-state index contributed by atoms with van der Waals surface area (Å²) in [6.45, 7) is 1.75. The van der Waals surface area contributed by atoms with Crippen LogP contribution < -0.4 is 5.32 Å². The maximum atomic E-state index is 12.9. The van der Waals surface area contributed by atoms with Crippen molar-refractivity contribution in [2.45, 2.75) is 50.7 Å². The van der Waals surface area contributed by atoms with Gasteiger partial charge in [-0.2, -0.15) is 0 Å². The van der Waals surface area contributed by atoms with Gasteiger partial charge in [0, 0.05) is 12.5 Å². The highest BCUT2D eigenvalue weighted by Gasteiger charge is 2.43. The van der Waals surface area contributed by atoms with Gasteiger partial charge >= 0.3 is 0 Å². The van der Waals surface area contributed by atoms with Crippen molar-refractivity contribution in [1.82, 2.24) is 5.32 Å². The van der Waals surface area contributed by atoms with Gasteiger partial charge in [-0.3, -0.25) is 4.79 Å². The first-order valence-electron chi connectivity index (χ1n) is 7.39. The first kappa shape index (κ1) is 14.0. The van der Waals surface area contributed by atoms with E-state index in [0.29, 0.717) is 12.1 Å². The first-order valence-corrected chi connectivity index (χ1v) is 7.39. The van der Waals surface area contributed by atoms with Crippen LogP contribution in [0.4, 0.5) is 4.39 Å². The van der Waals surface area contributed by atoms with E-state index >= 15 is 0 Å². The Bertz CT molecular complexity index is 564. The standard InChI is InChI=1S/C16H19FN2O2/c1-16(15(20)18-13-4-2-3-5-13)10-14(19-21-16)11-6-8-12(17)9-7-11/h6-9,13H,2-5,10H2,1H3,(H,18,20)/t16-/m0/s1. The van der Waals surface area contributed by atoms with Gasteiger partial charge in [-0.15, -0.1) is 0 Å². The zero-order valence-electron chi connectivity index (χ0n) is 12.1. The molecule has 21 heavy (non-hydrogen) atoms. The molecule has 1 aromatic rings. The summed E-state index contributed by atoms with van der Waals surface area (Å²) in [6.07, 6.45) is 4.80. The monoisotopic (exact) mass is 290 g/mol. The first-order chi connectivity index (χ1) is 10.1. The third kappa shape index (κ3) is 2.91. The van der Waals surface area contributed by atoms with Crippen LogP contribution in [0.25, 0.3) is 0 Å². The summed E-state index contributed by atoms with van der Waals surface area (Å²) in [6, 6.07) is 6.32. The molecule has 4 nitrogen and oxygen atoms in total. The van der Waals surface area contributed by atoms with Crippen LogP contribution in [0.5, 0.6) is 0 Å². The zero-order valence-corrected chi connectivity index (χ0v) is 12.1. The van der Waals surface area contributed by atoms with E-state index in [1.807, 2.05) is 0 Å². The lowest BCUT2D eigenvalue weighted by atomic mass is 9.94. The summed E-state index contributed by atoms with van der Waals surface area (Å²) in [5, 5.41) is 7.06. The lowest BCUT2D eigenvalue weighted by Crippen LogP contribution is -2.48. The molecule has 112 valence electrons. The van der Waals surface area contributed by atoms with Crippen LogP contribution in [-0.4, -0.2) is 23.3 Å². The molecule has 1 aliphatic carbocycles. The third-order valence-corrected chi connectivity index (χ3v) is 4.21. The van der Waals surface area contributed by atoms with Gasteiger partial charge in [0.1, 0.15) is 5.82 Å². The molecule has 3 rings (SSSR count). The maximum Gasteiger partial charge on any atom is 0.267 e. The Morgan fingerprint density at radius 1 is 1.33 bits per heavy atom. The number of nitrogens with zero attached hydrogens (tertiary/aromatic N) is 1. The molecule has 1 heterocycles. The van der Waals surface area contributed by atoms with Crippen LogP contribution in [-0.2, 0) is 9.63 Å². The fourth-order valence-corrected chi connectivity index (χ4v) is 2.87. The predicted molar refractivity (Wildman–Crippen MR) is 77.4 cm³/mol. The molecule has 1 amide bonds. The van der Waals surface area contributed by atoms with Crippen LogP contribution in [0, 0.1) is 5.82 Å². The Kier molecular flexibility index (Phi) is 3.66. The van der Waals surface area contributed by atoms with Gasteiger partial charge in [-0.05, 0) is 37.5 Å². The topological polar surface area (TPSA) is 50.7 Å². The highest BCUT2D eigenvalue weighted by molar-refractivity contribution is 6.05. The molecule has 1 aliphatic heterocycles. The van der Waals surface area contributed by atoms with E-state index in [2.05, 4.69) is 10.5 Å². The number of halogens is 1. The Labute approximate surface area is 123 Å². The molecule has 0 bridgehead atoms. The van der Waals surface area contributed by atoms with Crippen LogP contribution in [0.15, 0.2) is 29.4 Å². The van der Waals surface area contributed by atoms with E-state index in [4.69, 9.17) is 4.84 Å². The molecule has 1 aromatic carbocycles. The van der Waals surface area contributed by atoms with E-state index in [9.17, 15) is 9.18 Å². The number of nitrogens with one attached hydrogen (secondary N) is 1. The number of rotatable bonds is 3. The van der Waals surface area contributed by atoms with Gasteiger partial charge in [0.05, 0.1) is 5.71 Å². The molecule has 0 aromatic heterocycles. The van der Waals surface area contributed by atoms with Crippen molar-refractivity contribution >= 4 is 11.6 Å². The number of hydrogen-bond donors (Lipinski definition) is 1. The molecule has 5 heteroatoms. The Morgan fingerprint density at radius 3 is 2.67 bits per heavy atom. The average molecular weight is 290 g/mol. The molecular formula is C16H19FN2O2. The van der Waals surface area contributed by atoms with Crippen molar-refractivity contribution < 1.29 is 14.0 Å². The quantitative estimate of drug-likeness (QED) is 0.930. The minimum absolute atomic E-state index is 0.115. The van der Waals surface area contributed by atoms with E-state index in [1.165, 1.54) is 25.0 Å². The number of benzene rings is 1. The van der Waals surface area contributed by atoms with Gasteiger partial charge in [-0.1, -0.05) is 30.1 Å². The summed E-state index contributed by atoms with van der Waals surface area (Å²) in [5.41, 5.74) is 0.500. The summed E-state index contributed by atoms with van der Waals surface area (Å²) in [5.74, 6) is -0.407. The molecule has 1 fully saturated rings. The average Bonchev–Trinajstić information content (AvgIpc) is 3.10. The zero-order chi connectivity index (χ0) is 14.9. The van der Waals surface area contributed by atoms with Crippen molar-refractivity contribution in [1.29, 1.82) is 0 Å². The summed E-state index contributed by atoms with van der Waals surface area (Å²) in [4.78, 5) is 17.8. The molecule has 1 N–H and O–H groups in total. The second kappa shape index (κ2) is 5.47. The van der Waals surface area contributed by atoms with E-state index in [0.717, 1.165) is 18.4 Å². The van der Waals surface area contributed by atoms with Crippen molar-refractivity contribution in [2.24, 2.45) is 5.16 Å². The maximum absolute atomic E-state index is 12.9. The molecule has 0 unspecified atom stereocenters. The molecule has 2 aliphatic rings. The smallest absolute Gasteiger partial charge is 0.267 e. The largest absolute Gasteiger partial charge is 0.379 e. The molecular weight excluding hydrogens is 271 g/mol. The fraction of sp³-hybridized carbons (Fsp3) is 0.500. The molecule has 0 spiro atoms. The van der Waals surface area contributed by atoms with Gasteiger partial charge in [-0.25, -0.2) is 4.39 Å². The second-order valence-electron chi connectivity index (χ2n) is 6.00. The Hall–Kier alpha value is -1.91. The lowest BCUT2D eigenvalue weighted by Gasteiger charge is -2.23. The van der Waals surface area contributed by atoms with Gasteiger partial charge in [0.25, 0.3) is 5.91 Å². The molecule has 0 radical (unpaired) electrons. The van der Waals surface area contributed by atoms with Crippen LogP contribution in [0.1, 0.15) is 44.6 Å². The highest BCUT2D eigenvalue weighted by atomic mass is 19.1. The molecule has 0 saturated heterocycles. The lowest BCUT2D eigenvalue weighted by molar-refractivity contribution is -0.142. The normalized spacial score (nSPS) is 25.5. The van der Waals surface area contributed by atoms with Crippen molar-refractivity contribution in [2.75, 3.05) is 0 Å². The number of amides is 1.